The van der Waals surface area contributed by atoms with Crippen LogP contribution in [0, 0.1) is 0 Å². The third-order valence-corrected chi connectivity index (χ3v) is 4.76. The average molecular weight is 476 g/mol. The summed E-state index contributed by atoms with van der Waals surface area (Å²) in [5.74, 6) is -0.349. The van der Waals surface area contributed by atoms with E-state index in [9.17, 15) is 9.59 Å². The lowest BCUT2D eigenvalue weighted by Gasteiger charge is -2.12. The van der Waals surface area contributed by atoms with Crippen LogP contribution in [0.3, 0.4) is 0 Å². The van der Waals surface area contributed by atoms with Crippen molar-refractivity contribution in [1.29, 1.82) is 0 Å². The third kappa shape index (κ3) is 5.57. The fourth-order valence-corrected chi connectivity index (χ4v) is 3.22. The normalized spacial score (nSPS) is 10.8. The molecule has 2 heterocycles. The molecule has 8 nitrogen and oxygen atoms in total. The Hall–Kier alpha value is -3.10. The van der Waals surface area contributed by atoms with E-state index in [0.29, 0.717) is 22.3 Å². The second kappa shape index (κ2) is 10.5. The maximum absolute atomic E-state index is 13.2. The van der Waals surface area contributed by atoms with Crippen LogP contribution in [-0.2, 0) is 0 Å². The van der Waals surface area contributed by atoms with Gasteiger partial charge in [0.1, 0.15) is 5.69 Å². The van der Waals surface area contributed by atoms with Crippen LogP contribution in [0.1, 0.15) is 48.0 Å². The summed E-state index contributed by atoms with van der Waals surface area (Å²) in [4.78, 5) is 30.0. The van der Waals surface area contributed by atoms with Crippen LogP contribution in [0.25, 0.3) is 5.82 Å². The Morgan fingerprint density at radius 2 is 1.94 bits per heavy atom. The highest BCUT2D eigenvalue weighted by Crippen LogP contribution is 2.25. The average Bonchev–Trinajstić information content (AvgIpc) is 3.16. The van der Waals surface area contributed by atoms with E-state index in [-0.39, 0.29) is 35.0 Å². The molecule has 2 N–H and O–H groups in total. The number of carbonyl (C=O) groups excluding carboxylic acids is 2. The Balaban J connectivity index is 1.99. The molecule has 0 unspecified atom stereocenters. The van der Waals surface area contributed by atoms with Crippen molar-refractivity contribution in [2.75, 3.05) is 11.9 Å². The molecular weight excluding hydrogens is 453 g/mol. The van der Waals surface area contributed by atoms with Crippen LogP contribution in [-0.4, -0.2) is 39.2 Å². The number of hydrogen-bond donors (Lipinski definition) is 2. The standard InChI is InChI=1S/C22H23Cl2N5O3/c1-4-9-26-21(30)15-11-14(23)7-8-17(15)27-22(31)18-12-19(32-13(2)3)28-29(18)20-16(24)6-5-10-25-20/h5-8,10-13H,4,9H2,1-3H3,(H,26,30)(H,27,31). The van der Waals surface area contributed by atoms with Gasteiger partial charge in [-0.1, -0.05) is 30.1 Å². The van der Waals surface area contributed by atoms with Crippen LogP contribution in [0.2, 0.25) is 10.0 Å². The van der Waals surface area contributed by atoms with Crippen LogP contribution in [0.4, 0.5) is 5.69 Å². The molecule has 0 bridgehead atoms. The van der Waals surface area contributed by atoms with Gasteiger partial charge in [-0.25, -0.2) is 9.67 Å². The van der Waals surface area contributed by atoms with Crippen molar-refractivity contribution in [2.45, 2.75) is 33.3 Å². The van der Waals surface area contributed by atoms with E-state index in [1.807, 2.05) is 20.8 Å². The fraction of sp³-hybridized carbons (Fsp3) is 0.273. The molecule has 0 saturated heterocycles. The minimum Gasteiger partial charge on any atom is -0.474 e. The molecule has 3 aromatic rings. The number of hydrogen-bond acceptors (Lipinski definition) is 5. The molecule has 0 radical (unpaired) electrons. The summed E-state index contributed by atoms with van der Waals surface area (Å²) >= 11 is 12.4. The topological polar surface area (TPSA) is 98.1 Å². The van der Waals surface area contributed by atoms with E-state index in [2.05, 4.69) is 20.7 Å². The number of pyridine rings is 1. The quantitative estimate of drug-likeness (QED) is 0.489. The highest BCUT2D eigenvalue weighted by molar-refractivity contribution is 6.32. The van der Waals surface area contributed by atoms with Gasteiger partial charge in [0.25, 0.3) is 11.8 Å². The lowest BCUT2D eigenvalue weighted by atomic mass is 10.1. The molecule has 3 rings (SSSR count). The summed E-state index contributed by atoms with van der Waals surface area (Å²) in [6, 6.07) is 9.48. The van der Waals surface area contributed by atoms with Gasteiger partial charge in [0.2, 0.25) is 5.88 Å². The maximum Gasteiger partial charge on any atom is 0.274 e. The van der Waals surface area contributed by atoms with Crippen LogP contribution in [0.15, 0.2) is 42.6 Å². The van der Waals surface area contributed by atoms with Gasteiger partial charge in [0.15, 0.2) is 5.82 Å². The Bertz CT molecular complexity index is 1130. The molecule has 0 fully saturated rings. The number of nitrogens with zero attached hydrogens (tertiary/aromatic N) is 3. The number of ether oxygens (including phenoxy) is 1. The molecule has 0 aliphatic rings. The molecule has 32 heavy (non-hydrogen) atoms. The highest BCUT2D eigenvalue weighted by atomic mass is 35.5. The van der Waals surface area contributed by atoms with Crippen molar-refractivity contribution in [3.05, 3.63) is 63.9 Å². The minimum atomic E-state index is -0.523. The summed E-state index contributed by atoms with van der Waals surface area (Å²) < 4.78 is 6.96. The monoisotopic (exact) mass is 475 g/mol. The van der Waals surface area contributed by atoms with Crippen molar-refractivity contribution in [3.8, 4) is 11.7 Å². The van der Waals surface area contributed by atoms with Gasteiger partial charge >= 0.3 is 0 Å². The molecule has 0 saturated carbocycles. The molecule has 10 heteroatoms. The summed E-state index contributed by atoms with van der Waals surface area (Å²) in [5, 5.41) is 10.6. The number of benzene rings is 1. The molecule has 168 valence electrons. The van der Waals surface area contributed by atoms with Gasteiger partial charge < -0.3 is 15.4 Å². The lowest BCUT2D eigenvalue weighted by molar-refractivity contribution is 0.0954. The fourth-order valence-electron chi connectivity index (χ4n) is 2.85. The molecule has 0 atom stereocenters. The minimum absolute atomic E-state index is 0.135. The summed E-state index contributed by atoms with van der Waals surface area (Å²) in [6.45, 7) is 6.14. The van der Waals surface area contributed by atoms with Gasteiger partial charge in [-0.05, 0) is 50.6 Å². The lowest BCUT2D eigenvalue weighted by Crippen LogP contribution is -2.26. The van der Waals surface area contributed by atoms with Gasteiger partial charge in [-0.2, -0.15) is 0 Å². The first kappa shape index (κ1) is 23.6. The number of anilines is 1. The maximum atomic E-state index is 13.2. The Morgan fingerprint density at radius 3 is 2.62 bits per heavy atom. The number of nitrogens with one attached hydrogen (secondary N) is 2. The summed E-state index contributed by atoms with van der Waals surface area (Å²) in [6.07, 6.45) is 2.16. The van der Waals surface area contributed by atoms with E-state index in [4.69, 9.17) is 27.9 Å². The molecule has 0 aliphatic heterocycles. The smallest absolute Gasteiger partial charge is 0.274 e. The van der Waals surface area contributed by atoms with Crippen LogP contribution >= 0.6 is 23.2 Å². The molecular formula is C22H23Cl2N5O3. The number of rotatable bonds is 8. The van der Waals surface area contributed by atoms with E-state index in [1.165, 1.54) is 16.8 Å². The molecule has 2 amide bonds. The van der Waals surface area contributed by atoms with Gasteiger partial charge in [-0.3, -0.25) is 9.59 Å². The first-order chi connectivity index (χ1) is 15.3. The first-order valence-corrected chi connectivity index (χ1v) is 10.8. The second-order valence-electron chi connectivity index (χ2n) is 7.15. The van der Waals surface area contributed by atoms with Crippen molar-refractivity contribution in [3.63, 3.8) is 0 Å². The molecule has 1 aromatic carbocycles. The van der Waals surface area contributed by atoms with E-state index in [0.717, 1.165) is 6.42 Å². The van der Waals surface area contributed by atoms with Crippen molar-refractivity contribution < 1.29 is 14.3 Å². The zero-order valence-corrected chi connectivity index (χ0v) is 19.4. The van der Waals surface area contributed by atoms with Crippen molar-refractivity contribution >= 4 is 40.7 Å². The molecule has 0 spiro atoms. The zero-order chi connectivity index (χ0) is 23.3. The van der Waals surface area contributed by atoms with Gasteiger partial charge in [0, 0.05) is 23.8 Å². The zero-order valence-electron chi connectivity index (χ0n) is 17.9. The van der Waals surface area contributed by atoms with E-state index >= 15 is 0 Å². The second-order valence-corrected chi connectivity index (χ2v) is 8.00. The summed E-state index contributed by atoms with van der Waals surface area (Å²) in [5.41, 5.74) is 0.690. The number of amides is 2. The SMILES string of the molecule is CCCNC(=O)c1cc(Cl)ccc1NC(=O)c1cc(OC(C)C)nn1-c1ncccc1Cl. The predicted octanol–water partition coefficient (Wildman–Crippen LogP) is 4.75. The van der Waals surface area contributed by atoms with E-state index < -0.39 is 5.91 Å². The number of aromatic nitrogens is 3. The summed E-state index contributed by atoms with van der Waals surface area (Å²) in [7, 11) is 0. The Labute approximate surface area is 195 Å². The van der Waals surface area contributed by atoms with Crippen LogP contribution in [0.5, 0.6) is 5.88 Å². The van der Waals surface area contributed by atoms with Crippen molar-refractivity contribution in [2.24, 2.45) is 0 Å². The Morgan fingerprint density at radius 1 is 1.16 bits per heavy atom. The van der Waals surface area contributed by atoms with Gasteiger partial charge in [0.05, 0.1) is 22.4 Å². The Kier molecular flexibility index (Phi) is 7.71. The van der Waals surface area contributed by atoms with Crippen molar-refractivity contribution in [1.82, 2.24) is 20.1 Å². The first-order valence-electron chi connectivity index (χ1n) is 10.1. The molecule has 2 aromatic heterocycles. The highest BCUT2D eigenvalue weighted by Gasteiger charge is 2.22. The van der Waals surface area contributed by atoms with Gasteiger partial charge in [-0.15, -0.1) is 5.10 Å². The number of carbonyl (C=O) groups is 2. The largest absolute Gasteiger partial charge is 0.474 e. The van der Waals surface area contributed by atoms with Crippen LogP contribution < -0.4 is 15.4 Å². The third-order valence-electron chi connectivity index (χ3n) is 4.23. The molecule has 0 aliphatic carbocycles. The number of halogens is 2. The van der Waals surface area contributed by atoms with E-state index in [1.54, 1.807) is 30.5 Å². The predicted molar refractivity (Wildman–Crippen MR) is 124 cm³/mol.